The number of rotatable bonds is 11. The molecule has 0 heterocycles. The molecule has 0 radical (unpaired) electrons. The molecule has 0 aliphatic carbocycles. The highest BCUT2D eigenvalue weighted by Gasteiger charge is 2.19. The number of nitrogens with two attached hydrogens (primary N) is 1. The van der Waals surface area contributed by atoms with E-state index < -0.39 is 18.1 Å². The Hall–Kier alpha value is -0.489. The first kappa shape index (κ1) is 45.5. The van der Waals surface area contributed by atoms with Crippen molar-refractivity contribution in [1.29, 1.82) is 0 Å². The van der Waals surface area contributed by atoms with Crippen molar-refractivity contribution < 1.29 is 8.91 Å². The van der Waals surface area contributed by atoms with Crippen molar-refractivity contribution in [3.05, 3.63) is 70.8 Å². The summed E-state index contributed by atoms with van der Waals surface area (Å²) in [6.07, 6.45) is 5.09. The standard InChI is InChI=1S/C14H27NOSi2.C8H9Cl.C4H11N.C2H6.CH3Cl.CH6OSi/c1-13-6-8-14(9-7-13)12-15-10-5-11-18(3,4)16-17-2;1-7-2-4-8(6-9)5-3-7;1-2-3-4-5;2*1-2;1-3-2/h6-9,15H,5,10-12,17H2,1-4H3;2-5H,6H2,1H3;2-5H2,1H3;1-2H3;1H3;2H,3H2,1H3. The molecule has 0 bridgehead atoms. The topological polar surface area (TPSA) is 67.5 Å². The van der Waals surface area contributed by atoms with Crippen LogP contribution in [0.3, 0.4) is 0 Å². The summed E-state index contributed by atoms with van der Waals surface area (Å²) in [4.78, 5) is 7.71. The number of unbranched alkanes of at least 4 members (excludes halogenated alkanes) is 1. The van der Waals surface area contributed by atoms with E-state index >= 15 is 0 Å². The normalized spacial score (nSPS) is 10.1. The molecule has 0 amide bonds. The van der Waals surface area contributed by atoms with Crippen LogP contribution in [0, 0.1) is 13.8 Å². The summed E-state index contributed by atoms with van der Waals surface area (Å²) in [5.41, 5.74) is 10.3. The molecule has 230 valence electrons. The van der Waals surface area contributed by atoms with E-state index in [-0.39, 0.29) is 9.76 Å². The molecule has 0 aromatic heterocycles. The number of nitrogens with one attached hydrogen (secondary N) is 1. The van der Waals surface area contributed by atoms with Gasteiger partial charge in [0.15, 0.2) is 18.1 Å². The fourth-order valence-electron chi connectivity index (χ4n) is 2.92. The molecular formula is C30H62Cl2N2O2Si3. The van der Waals surface area contributed by atoms with Crippen molar-refractivity contribution in [3.8, 4) is 0 Å². The quantitative estimate of drug-likeness (QED) is 0.137. The molecule has 4 N–H and O–H groups in total. The van der Waals surface area contributed by atoms with E-state index in [1.165, 1.54) is 53.9 Å². The van der Waals surface area contributed by atoms with Gasteiger partial charge in [0.2, 0.25) is 0 Å². The molecule has 0 saturated heterocycles. The molecule has 4 nitrogen and oxygen atoms in total. The minimum Gasteiger partial charge on any atom is -0.461 e. The maximum atomic E-state index is 7.71. The first-order chi connectivity index (χ1) is 18.7. The van der Waals surface area contributed by atoms with Crippen molar-refractivity contribution in [1.82, 2.24) is 5.32 Å². The van der Waals surface area contributed by atoms with Crippen LogP contribution in [0.1, 0.15) is 62.3 Å². The van der Waals surface area contributed by atoms with Crippen molar-refractivity contribution in [3.63, 3.8) is 0 Å². The van der Waals surface area contributed by atoms with Gasteiger partial charge in [0.25, 0.3) is 0 Å². The van der Waals surface area contributed by atoms with E-state index in [1.54, 1.807) is 0 Å². The third-order valence-electron chi connectivity index (χ3n) is 4.95. The molecular weight excluding hydrogens is 576 g/mol. The fourth-order valence-corrected chi connectivity index (χ4v) is 7.83. The van der Waals surface area contributed by atoms with E-state index in [4.69, 9.17) is 26.2 Å². The number of aryl methyl sites for hydroxylation is 2. The summed E-state index contributed by atoms with van der Waals surface area (Å²) in [6, 6.07) is 18.2. The van der Waals surface area contributed by atoms with Gasteiger partial charge in [-0.2, -0.15) is 0 Å². The van der Waals surface area contributed by atoms with Gasteiger partial charge in [-0.1, -0.05) is 99.9 Å². The summed E-state index contributed by atoms with van der Waals surface area (Å²) in [7, 11) is -2.14. The summed E-state index contributed by atoms with van der Waals surface area (Å²) < 4.78 is 5.96. The smallest absolute Gasteiger partial charge is 0.173 e. The molecule has 0 aliphatic heterocycles. The largest absolute Gasteiger partial charge is 0.461 e. The molecule has 9 heteroatoms. The average Bonchev–Trinajstić information content (AvgIpc) is 2.94. The monoisotopic (exact) mass is 636 g/mol. The molecule has 2 aromatic rings. The van der Waals surface area contributed by atoms with E-state index in [0.29, 0.717) is 5.88 Å². The number of hydrogen-bond acceptors (Lipinski definition) is 4. The van der Waals surface area contributed by atoms with Crippen LogP contribution in [0.15, 0.2) is 48.5 Å². The van der Waals surface area contributed by atoms with E-state index in [2.05, 4.69) is 93.7 Å². The van der Waals surface area contributed by atoms with Gasteiger partial charge >= 0.3 is 0 Å². The first-order valence-electron chi connectivity index (χ1n) is 14.4. The molecule has 0 aliphatic rings. The molecule has 0 unspecified atom stereocenters. The Bertz CT molecular complexity index is 706. The lowest BCUT2D eigenvalue weighted by Gasteiger charge is -2.22. The van der Waals surface area contributed by atoms with Gasteiger partial charge in [0.1, 0.15) is 9.76 Å². The Labute approximate surface area is 258 Å². The maximum Gasteiger partial charge on any atom is 0.173 e. The Kier molecular flexibility index (Phi) is 41.5. The zero-order valence-corrected chi connectivity index (χ0v) is 32.2. The van der Waals surface area contributed by atoms with Crippen LogP contribution in [-0.4, -0.2) is 52.1 Å². The van der Waals surface area contributed by atoms with Crippen molar-refractivity contribution in [2.45, 2.75) is 98.5 Å². The zero-order valence-electron chi connectivity index (χ0n) is 26.9. The Balaban J connectivity index is -0.000000242. The molecule has 0 spiro atoms. The van der Waals surface area contributed by atoms with Gasteiger partial charge in [-0.25, -0.2) is 0 Å². The van der Waals surface area contributed by atoms with Crippen molar-refractivity contribution in [2.75, 3.05) is 19.5 Å². The summed E-state index contributed by atoms with van der Waals surface area (Å²) in [5, 5.41) is 3.51. The molecule has 0 saturated carbocycles. The molecule has 2 aromatic carbocycles. The van der Waals surface area contributed by atoms with Crippen LogP contribution in [0.25, 0.3) is 0 Å². The maximum absolute atomic E-state index is 7.71. The number of hydrogen-bond donors (Lipinski definition) is 3. The SMILES string of the molecule is CC.CCCCN.CCl.C[SiH2]O.C[SiH2]O[Si](C)(C)CCCNCc1ccc(C)cc1.Cc1ccc(CCl)cc1. The highest BCUT2D eigenvalue weighted by atomic mass is 35.5. The Morgan fingerprint density at radius 1 is 0.897 bits per heavy atom. The fraction of sp³-hybridized carbons (Fsp3) is 0.600. The van der Waals surface area contributed by atoms with Gasteiger partial charge < -0.3 is 20.0 Å². The van der Waals surface area contributed by atoms with E-state index in [9.17, 15) is 0 Å². The molecule has 0 fully saturated rings. The van der Waals surface area contributed by atoms with Crippen LogP contribution in [0.2, 0.25) is 32.2 Å². The zero-order chi connectivity index (χ0) is 31.0. The summed E-state index contributed by atoms with van der Waals surface area (Å²) >= 11 is 10.2. The van der Waals surface area contributed by atoms with Crippen LogP contribution >= 0.6 is 23.2 Å². The van der Waals surface area contributed by atoms with Crippen LogP contribution < -0.4 is 11.1 Å². The third-order valence-corrected chi connectivity index (χ3v) is 11.1. The van der Waals surface area contributed by atoms with Gasteiger partial charge in [-0.05, 0) is 70.0 Å². The summed E-state index contributed by atoms with van der Waals surface area (Å²) in [5.74, 6) is 0.611. The lowest BCUT2D eigenvalue weighted by molar-refractivity contribution is 0.576. The summed E-state index contributed by atoms with van der Waals surface area (Å²) in [6.45, 7) is 22.0. The van der Waals surface area contributed by atoms with Crippen LogP contribution in [-0.2, 0) is 16.5 Å². The molecule has 0 atom stereocenters. The van der Waals surface area contributed by atoms with Gasteiger partial charge in [0.05, 0.1) is 0 Å². The predicted octanol–water partition coefficient (Wildman–Crippen LogP) is 7.30. The van der Waals surface area contributed by atoms with Crippen LogP contribution in [0.4, 0.5) is 0 Å². The van der Waals surface area contributed by atoms with E-state index in [1.807, 2.05) is 32.5 Å². The number of halogens is 2. The van der Waals surface area contributed by atoms with Gasteiger partial charge in [-0.3, -0.25) is 0 Å². The Morgan fingerprint density at radius 2 is 1.33 bits per heavy atom. The van der Waals surface area contributed by atoms with Gasteiger partial charge in [-0.15, -0.1) is 23.2 Å². The van der Waals surface area contributed by atoms with Gasteiger partial charge in [0, 0.05) is 18.8 Å². The average molecular weight is 638 g/mol. The highest BCUT2D eigenvalue weighted by molar-refractivity contribution is 6.75. The molecule has 2 rings (SSSR count). The lowest BCUT2D eigenvalue weighted by Crippen LogP contribution is -2.32. The highest BCUT2D eigenvalue weighted by Crippen LogP contribution is 2.12. The van der Waals surface area contributed by atoms with Crippen molar-refractivity contribution in [2.24, 2.45) is 5.73 Å². The first-order valence-corrected chi connectivity index (χ1v) is 22.8. The van der Waals surface area contributed by atoms with Crippen LogP contribution in [0.5, 0.6) is 0 Å². The Morgan fingerprint density at radius 3 is 1.67 bits per heavy atom. The minimum absolute atomic E-state index is 0.234. The second-order valence-corrected chi connectivity index (χ2v) is 15.7. The second kappa shape index (κ2) is 35.5. The van der Waals surface area contributed by atoms with E-state index in [0.717, 1.165) is 19.6 Å². The number of benzene rings is 2. The predicted molar refractivity (Wildman–Crippen MR) is 190 cm³/mol. The minimum atomic E-state index is -1.32. The van der Waals surface area contributed by atoms with Crippen molar-refractivity contribution >= 4 is 51.0 Å². The molecule has 39 heavy (non-hydrogen) atoms. The lowest BCUT2D eigenvalue weighted by atomic mass is 10.1. The number of alkyl halides is 2. The third kappa shape index (κ3) is 35.5. The second-order valence-electron chi connectivity index (χ2n) is 9.04.